The Morgan fingerprint density at radius 3 is 2.42 bits per heavy atom. The van der Waals surface area contributed by atoms with Crippen LogP contribution in [0.5, 0.6) is 5.75 Å². The zero-order valence-electron chi connectivity index (χ0n) is 15.1. The van der Waals surface area contributed by atoms with Gasteiger partial charge < -0.3 is 14.8 Å². The van der Waals surface area contributed by atoms with Crippen LogP contribution in [0.3, 0.4) is 0 Å². The van der Waals surface area contributed by atoms with Gasteiger partial charge in [-0.15, -0.1) is 0 Å². The van der Waals surface area contributed by atoms with Gasteiger partial charge in [0, 0.05) is 12.2 Å². The van der Waals surface area contributed by atoms with E-state index in [1.807, 2.05) is 0 Å². The number of carbonyl (C=O) groups is 3. The molecule has 2 N–H and O–H groups in total. The maximum atomic E-state index is 12.1. The van der Waals surface area contributed by atoms with E-state index in [9.17, 15) is 14.4 Å². The number of carbonyl (C=O) groups excluding carboxylic acids is 3. The Labute approximate surface area is 152 Å². The molecule has 8 heteroatoms. The van der Waals surface area contributed by atoms with Crippen molar-refractivity contribution in [3.05, 3.63) is 24.3 Å². The first-order chi connectivity index (χ1) is 12.5. The highest BCUT2D eigenvalue weighted by Gasteiger charge is 2.27. The fraction of sp³-hybridized carbons (Fsp3) is 0.500. The van der Waals surface area contributed by atoms with Crippen molar-refractivity contribution in [2.75, 3.05) is 38.7 Å². The minimum absolute atomic E-state index is 0.0364. The predicted molar refractivity (Wildman–Crippen MR) is 96.0 cm³/mol. The molecule has 2 rings (SSSR count). The summed E-state index contributed by atoms with van der Waals surface area (Å²) in [6.07, 6.45) is 2.19. The molecule has 0 aromatic heterocycles. The molecule has 0 saturated heterocycles. The monoisotopic (exact) mass is 363 g/mol. The number of benzene rings is 1. The summed E-state index contributed by atoms with van der Waals surface area (Å²) in [6, 6.07) is 6.12. The van der Waals surface area contributed by atoms with Crippen LogP contribution < -0.4 is 15.4 Å². The van der Waals surface area contributed by atoms with Gasteiger partial charge in [-0.25, -0.2) is 4.79 Å². The van der Waals surface area contributed by atoms with Crippen LogP contribution in [0.2, 0.25) is 0 Å². The smallest absolute Gasteiger partial charge is 0.325 e. The van der Waals surface area contributed by atoms with E-state index in [4.69, 9.17) is 9.47 Å². The number of rotatable bonds is 9. The van der Waals surface area contributed by atoms with Crippen LogP contribution >= 0.6 is 0 Å². The van der Waals surface area contributed by atoms with Gasteiger partial charge in [0.05, 0.1) is 26.8 Å². The lowest BCUT2D eigenvalue weighted by atomic mass is 10.3. The third kappa shape index (κ3) is 7.10. The van der Waals surface area contributed by atoms with Gasteiger partial charge in [0.1, 0.15) is 5.75 Å². The lowest BCUT2D eigenvalue weighted by Gasteiger charge is -2.20. The number of hydrogen-bond donors (Lipinski definition) is 2. The molecule has 3 amide bonds. The molecular formula is C18H25N3O5. The standard InChI is InChI=1S/C18H25N3O5/c1-3-26-17(23)12-21(10-13-4-5-13)11-16(22)20-18(24)19-14-6-8-15(25-2)9-7-14/h6-9,13H,3-5,10-12H2,1-2H3,(H2,19,20,22,24). The summed E-state index contributed by atoms with van der Waals surface area (Å²) in [7, 11) is 1.55. The van der Waals surface area contributed by atoms with Crippen molar-refractivity contribution >= 4 is 23.6 Å². The van der Waals surface area contributed by atoms with Crippen molar-refractivity contribution in [1.82, 2.24) is 10.2 Å². The first kappa shape index (κ1) is 19.7. The quantitative estimate of drug-likeness (QED) is 0.647. The van der Waals surface area contributed by atoms with E-state index < -0.39 is 11.9 Å². The van der Waals surface area contributed by atoms with Gasteiger partial charge in [0.15, 0.2) is 0 Å². The van der Waals surface area contributed by atoms with Crippen molar-refractivity contribution in [1.29, 1.82) is 0 Å². The summed E-state index contributed by atoms with van der Waals surface area (Å²) < 4.78 is 9.98. The van der Waals surface area contributed by atoms with Crippen LogP contribution in [0.4, 0.5) is 10.5 Å². The van der Waals surface area contributed by atoms with E-state index in [1.54, 1.807) is 43.2 Å². The van der Waals surface area contributed by atoms with Crippen LogP contribution in [0.15, 0.2) is 24.3 Å². The molecule has 1 aromatic rings. The number of ether oxygens (including phenoxy) is 2. The Kier molecular flexibility index (Phi) is 7.40. The van der Waals surface area contributed by atoms with Crippen LogP contribution in [0.25, 0.3) is 0 Å². The third-order valence-corrected chi connectivity index (χ3v) is 3.84. The van der Waals surface area contributed by atoms with Crippen molar-refractivity contribution < 1.29 is 23.9 Å². The molecule has 1 aromatic carbocycles. The van der Waals surface area contributed by atoms with E-state index in [0.29, 0.717) is 30.5 Å². The summed E-state index contributed by atoms with van der Waals surface area (Å²) >= 11 is 0. The number of methoxy groups -OCH3 is 1. The number of anilines is 1. The van der Waals surface area contributed by atoms with Gasteiger partial charge >= 0.3 is 12.0 Å². The van der Waals surface area contributed by atoms with E-state index in [-0.39, 0.29) is 19.1 Å². The normalized spacial score (nSPS) is 13.2. The van der Waals surface area contributed by atoms with Gasteiger partial charge in [-0.05, 0) is 49.9 Å². The second kappa shape index (κ2) is 9.76. The molecule has 1 aliphatic carbocycles. The molecule has 0 radical (unpaired) electrons. The Balaban J connectivity index is 1.81. The lowest BCUT2D eigenvalue weighted by molar-refractivity contribution is -0.144. The lowest BCUT2D eigenvalue weighted by Crippen LogP contribution is -2.44. The topological polar surface area (TPSA) is 97.0 Å². The Morgan fingerprint density at radius 1 is 1.15 bits per heavy atom. The highest BCUT2D eigenvalue weighted by atomic mass is 16.5. The highest BCUT2D eigenvalue weighted by Crippen LogP contribution is 2.29. The predicted octanol–water partition coefficient (Wildman–Crippen LogP) is 1.62. The molecule has 1 saturated carbocycles. The average molecular weight is 363 g/mol. The number of imide groups is 1. The molecule has 0 heterocycles. The fourth-order valence-electron chi connectivity index (χ4n) is 2.45. The molecule has 0 bridgehead atoms. The molecule has 26 heavy (non-hydrogen) atoms. The molecule has 0 spiro atoms. The zero-order valence-corrected chi connectivity index (χ0v) is 15.1. The van der Waals surface area contributed by atoms with Crippen LogP contribution in [0.1, 0.15) is 19.8 Å². The first-order valence-corrected chi connectivity index (χ1v) is 8.63. The third-order valence-electron chi connectivity index (χ3n) is 3.84. The largest absolute Gasteiger partial charge is 0.497 e. The Morgan fingerprint density at radius 2 is 1.85 bits per heavy atom. The van der Waals surface area contributed by atoms with Crippen molar-refractivity contribution in [2.24, 2.45) is 5.92 Å². The summed E-state index contributed by atoms with van der Waals surface area (Å²) in [5, 5.41) is 4.85. The molecule has 0 atom stereocenters. The maximum absolute atomic E-state index is 12.1. The number of nitrogens with one attached hydrogen (secondary N) is 2. The second-order valence-corrected chi connectivity index (χ2v) is 6.15. The summed E-state index contributed by atoms with van der Waals surface area (Å²) in [6.45, 7) is 2.68. The fourth-order valence-corrected chi connectivity index (χ4v) is 2.45. The minimum atomic E-state index is -0.623. The van der Waals surface area contributed by atoms with Crippen LogP contribution in [-0.4, -0.2) is 56.2 Å². The van der Waals surface area contributed by atoms with E-state index >= 15 is 0 Å². The van der Waals surface area contributed by atoms with Crippen molar-refractivity contribution in [2.45, 2.75) is 19.8 Å². The number of amides is 3. The SMILES string of the molecule is CCOC(=O)CN(CC(=O)NC(=O)Nc1ccc(OC)cc1)CC1CC1. The molecular weight excluding hydrogens is 338 g/mol. The number of hydrogen-bond acceptors (Lipinski definition) is 6. The molecule has 0 aliphatic heterocycles. The molecule has 142 valence electrons. The second-order valence-electron chi connectivity index (χ2n) is 6.15. The molecule has 1 fully saturated rings. The van der Waals surface area contributed by atoms with Gasteiger partial charge in [-0.2, -0.15) is 0 Å². The number of urea groups is 1. The highest BCUT2D eigenvalue weighted by molar-refractivity contribution is 6.01. The zero-order chi connectivity index (χ0) is 18.9. The molecule has 0 unspecified atom stereocenters. The number of esters is 1. The van der Waals surface area contributed by atoms with Crippen molar-refractivity contribution in [3.8, 4) is 5.75 Å². The Hall–Kier alpha value is -2.61. The molecule has 8 nitrogen and oxygen atoms in total. The summed E-state index contributed by atoms with van der Waals surface area (Å²) in [5.74, 6) is 0.330. The maximum Gasteiger partial charge on any atom is 0.325 e. The van der Waals surface area contributed by atoms with Gasteiger partial charge in [0.2, 0.25) is 5.91 Å². The minimum Gasteiger partial charge on any atom is -0.497 e. The average Bonchev–Trinajstić information content (AvgIpc) is 3.39. The van der Waals surface area contributed by atoms with E-state index in [1.165, 1.54) is 0 Å². The van der Waals surface area contributed by atoms with Gasteiger partial charge in [0.25, 0.3) is 0 Å². The summed E-state index contributed by atoms with van der Waals surface area (Å²) in [4.78, 5) is 37.4. The summed E-state index contributed by atoms with van der Waals surface area (Å²) in [5.41, 5.74) is 0.539. The first-order valence-electron chi connectivity index (χ1n) is 8.63. The van der Waals surface area contributed by atoms with E-state index in [0.717, 1.165) is 12.8 Å². The van der Waals surface area contributed by atoms with Gasteiger partial charge in [-0.3, -0.25) is 19.8 Å². The Bertz CT molecular complexity index is 628. The molecule has 1 aliphatic rings. The van der Waals surface area contributed by atoms with E-state index in [2.05, 4.69) is 10.6 Å². The van der Waals surface area contributed by atoms with Crippen molar-refractivity contribution in [3.63, 3.8) is 0 Å². The van der Waals surface area contributed by atoms with Crippen LogP contribution in [-0.2, 0) is 14.3 Å². The van der Waals surface area contributed by atoms with Gasteiger partial charge in [-0.1, -0.05) is 0 Å². The number of nitrogens with zero attached hydrogens (tertiary/aromatic N) is 1. The van der Waals surface area contributed by atoms with Crippen LogP contribution in [0, 0.1) is 5.92 Å².